The van der Waals surface area contributed by atoms with Crippen molar-refractivity contribution in [1.82, 2.24) is 4.57 Å². The maximum absolute atomic E-state index is 11.1. The van der Waals surface area contributed by atoms with Crippen molar-refractivity contribution in [3.63, 3.8) is 0 Å². The minimum absolute atomic E-state index is 0.0369. The maximum Gasteiger partial charge on any atom is 0.335 e. The Hall–Kier alpha value is -2.90. The van der Waals surface area contributed by atoms with Crippen molar-refractivity contribution >= 4 is 39.8 Å². The van der Waals surface area contributed by atoms with Gasteiger partial charge in [-0.3, -0.25) is 0 Å². The topological polar surface area (TPSA) is 96.4 Å². The third-order valence-corrected chi connectivity index (χ3v) is 4.35. The smallest absolute Gasteiger partial charge is 0.335 e. The van der Waals surface area contributed by atoms with Crippen LogP contribution in [0.15, 0.2) is 52.7 Å². The molecule has 2 N–H and O–H groups in total. The monoisotopic (exact) mass is 387 g/mol. The largest absolute Gasteiger partial charge is 0.493 e. The zero-order valence-electron chi connectivity index (χ0n) is 14.6. The van der Waals surface area contributed by atoms with Crippen molar-refractivity contribution in [3.8, 4) is 5.88 Å². The van der Waals surface area contributed by atoms with E-state index in [-0.39, 0.29) is 22.2 Å². The molecule has 3 aromatic rings. The van der Waals surface area contributed by atoms with Gasteiger partial charge in [-0.15, -0.1) is 10.2 Å². The van der Waals surface area contributed by atoms with E-state index in [0.29, 0.717) is 25.4 Å². The summed E-state index contributed by atoms with van der Waals surface area (Å²) in [5, 5.41) is 28.9. The van der Waals surface area contributed by atoms with Crippen molar-refractivity contribution in [3.05, 3.63) is 53.1 Å². The van der Waals surface area contributed by atoms with Gasteiger partial charge in [0.1, 0.15) is 5.69 Å². The summed E-state index contributed by atoms with van der Waals surface area (Å²) in [5.41, 5.74) is 1.35. The minimum Gasteiger partial charge on any atom is -0.493 e. The van der Waals surface area contributed by atoms with Gasteiger partial charge in [-0.05, 0) is 31.2 Å². The lowest BCUT2D eigenvalue weighted by molar-refractivity contribution is 0.0697. The van der Waals surface area contributed by atoms with Crippen LogP contribution in [0.25, 0.3) is 10.9 Å². The van der Waals surface area contributed by atoms with Crippen molar-refractivity contribution < 1.29 is 19.7 Å². The molecule has 0 atom stereocenters. The first-order valence-electron chi connectivity index (χ1n) is 8.35. The molecule has 3 rings (SSSR count). The van der Waals surface area contributed by atoms with Gasteiger partial charge >= 0.3 is 5.97 Å². The second kappa shape index (κ2) is 8.20. The molecule has 0 amide bonds. The van der Waals surface area contributed by atoms with Crippen molar-refractivity contribution in [2.24, 2.45) is 10.2 Å². The summed E-state index contributed by atoms with van der Waals surface area (Å²) in [6.45, 7) is 3.41. The molecular weight excluding hydrogens is 370 g/mol. The standard InChI is InChI=1S/C19H18ClN3O4/c1-2-27-10-9-23-16-6-4-3-5-13(16)17(18(23)24)22-21-15-11-12(19(25)26)7-8-14(15)20/h3-8,11,24H,2,9-10H2,1H3,(H,25,26). The van der Waals surface area contributed by atoms with Gasteiger partial charge < -0.3 is 19.5 Å². The van der Waals surface area contributed by atoms with Crippen LogP contribution in [0.1, 0.15) is 17.3 Å². The lowest BCUT2D eigenvalue weighted by Gasteiger charge is -2.06. The molecule has 0 aliphatic rings. The number of hydrogen-bond acceptors (Lipinski definition) is 5. The van der Waals surface area contributed by atoms with Crippen LogP contribution in [0.4, 0.5) is 11.4 Å². The van der Waals surface area contributed by atoms with Gasteiger partial charge in [0.2, 0.25) is 5.88 Å². The number of para-hydroxylation sites is 1. The number of hydrogen-bond donors (Lipinski definition) is 2. The SMILES string of the molecule is CCOCCn1c(O)c(N=Nc2cc(C(=O)O)ccc2Cl)c2ccccc21. The van der Waals surface area contributed by atoms with Crippen LogP contribution in [0.3, 0.4) is 0 Å². The van der Waals surface area contributed by atoms with Gasteiger partial charge in [0.15, 0.2) is 5.69 Å². The lowest BCUT2D eigenvalue weighted by atomic mass is 10.2. The Kier molecular flexibility index (Phi) is 5.73. The van der Waals surface area contributed by atoms with Crippen LogP contribution in [0, 0.1) is 0 Å². The van der Waals surface area contributed by atoms with Gasteiger partial charge in [0.25, 0.3) is 0 Å². The van der Waals surface area contributed by atoms with E-state index < -0.39 is 5.97 Å². The summed E-state index contributed by atoms with van der Waals surface area (Å²) >= 11 is 6.08. The number of aromatic carboxylic acids is 1. The summed E-state index contributed by atoms with van der Waals surface area (Å²) in [6.07, 6.45) is 0. The highest BCUT2D eigenvalue weighted by molar-refractivity contribution is 6.33. The molecule has 0 radical (unpaired) electrons. The zero-order valence-corrected chi connectivity index (χ0v) is 15.3. The van der Waals surface area contributed by atoms with E-state index >= 15 is 0 Å². The van der Waals surface area contributed by atoms with Gasteiger partial charge in [0, 0.05) is 18.5 Å². The van der Waals surface area contributed by atoms with Gasteiger partial charge in [-0.1, -0.05) is 29.8 Å². The molecule has 0 unspecified atom stereocenters. The molecule has 8 heteroatoms. The van der Waals surface area contributed by atoms with Gasteiger partial charge in [-0.25, -0.2) is 4.79 Å². The molecule has 1 heterocycles. The molecule has 0 aliphatic carbocycles. The average molecular weight is 388 g/mol. The molecule has 7 nitrogen and oxygen atoms in total. The summed E-state index contributed by atoms with van der Waals surface area (Å²) in [5.74, 6) is -1.12. The molecule has 27 heavy (non-hydrogen) atoms. The van der Waals surface area contributed by atoms with Crippen molar-refractivity contribution in [1.29, 1.82) is 0 Å². The fraction of sp³-hybridized carbons (Fsp3) is 0.211. The number of fused-ring (bicyclic) bond motifs is 1. The Labute approximate surface area is 160 Å². The molecule has 0 aliphatic heterocycles. The highest BCUT2D eigenvalue weighted by Gasteiger charge is 2.16. The fourth-order valence-electron chi connectivity index (χ4n) is 2.72. The van der Waals surface area contributed by atoms with E-state index in [1.165, 1.54) is 18.2 Å². The molecule has 0 bridgehead atoms. The number of ether oxygens (including phenoxy) is 1. The number of carbonyl (C=O) groups is 1. The van der Waals surface area contributed by atoms with Crippen molar-refractivity contribution in [2.45, 2.75) is 13.5 Å². The van der Waals surface area contributed by atoms with E-state index in [4.69, 9.17) is 21.4 Å². The second-order valence-electron chi connectivity index (χ2n) is 5.71. The normalized spacial score (nSPS) is 11.5. The second-order valence-corrected chi connectivity index (χ2v) is 6.12. The summed E-state index contributed by atoms with van der Waals surface area (Å²) in [4.78, 5) is 11.1. The van der Waals surface area contributed by atoms with Crippen LogP contribution in [-0.4, -0.2) is 34.0 Å². The molecule has 1 aromatic heterocycles. The molecule has 0 saturated carbocycles. The number of rotatable bonds is 7. The first-order chi connectivity index (χ1) is 13.0. The number of nitrogens with zero attached hydrogens (tertiary/aromatic N) is 3. The Morgan fingerprint density at radius 2 is 2.00 bits per heavy atom. The number of aromatic nitrogens is 1. The Bertz CT molecular complexity index is 1010. The molecule has 0 fully saturated rings. The number of carboxylic acid groups (broad SMARTS) is 1. The number of benzene rings is 2. The van der Waals surface area contributed by atoms with E-state index in [1.54, 1.807) is 4.57 Å². The maximum atomic E-state index is 11.1. The minimum atomic E-state index is -1.08. The molecule has 0 saturated heterocycles. The summed E-state index contributed by atoms with van der Waals surface area (Å²) in [7, 11) is 0. The quantitative estimate of drug-likeness (QED) is 0.432. The number of azo groups is 1. The molecular formula is C19H18ClN3O4. The first kappa shape index (κ1) is 18.9. The zero-order chi connectivity index (χ0) is 19.4. The fourth-order valence-corrected chi connectivity index (χ4v) is 2.88. The summed E-state index contributed by atoms with van der Waals surface area (Å²) in [6, 6.07) is 11.6. The third kappa shape index (κ3) is 3.94. The Balaban J connectivity index is 2.02. The van der Waals surface area contributed by atoms with Gasteiger partial charge in [-0.2, -0.15) is 0 Å². The first-order valence-corrected chi connectivity index (χ1v) is 8.73. The molecule has 2 aromatic carbocycles. The predicted molar refractivity (Wildman–Crippen MR) is 103 cm³/mol. The van der Waals surface area contributed by atoms with Crippen LogP contribution in [0.2, 0.25) is 5.02 Å². The van der Waals surface area contributed by atoms with Crippen LogP contribution >= 0.6 is 11.6 Å². The number of carboxylic acids is 1. The van der Waals surface area contributed by atoms with E-state index in [2.05, 4.69) is 10.2 Å². The highest BCUT2D eigenvalue weighted by Crippen LogP contribution is 2.40. The van der Waals surface area contributed by atoms with E-state index in [1.807, 2.05) is 31.2 Å². The predicted octanol–water partition coefficient (Wildman–Crippen LogP) is 5.15. The van der Waals surface area contributed by atoms with E-state index in [9.17, 15) is 9.90 Å². The number of halogens is 1. The van der Waals surface area contributed by atoms with Crippen LogP contribution in [0.5, 0.6) is 5.88 Å². The molecule has 140 valence electrons. The van der Waals surface area contributed by atoms with Crippen LogP contribution in [-0.2, 0) is 11.3 Å². The van der Waals surface area contributed by atoms with Crippen LogP contribution < -0.4 is 0 Å². The van der Waals surface area contributed by atoms with Gasteiger partial charge in [0.05, 0.1) is 22.7 Å². The average Bonchev–Trinajstić information content (AvgIpc) is 2.93. The molecule has 0 spiro atoms. The van der Waals surface area contributed by atoms with E-state index in [0.717, 1.165) is 10.9 Å². The highest BCUT2D eigenvalue weighted by atomic mass is 35.5. The Morgan fingerprint density at radius 3 is 2.74 bits per heavy atom. The van der Waals surface area contributed by atoms with Crippen molar-refractivity contribution in [2.75, 3.05) is 13.2 Å². The number of aromatic hydroxyl groups is 1. The third-order valence-electron chi connectivity index (χ3n) is 4.03. The lowest BCUT2D eigenvalue weighted by Crippen LogP contribution is -2.05. The summed E-state index contributed by atoms with van der Waals surface area (Å²) < 4.78 is 7.08. The Morgan fingerprint density at radius 1 is 1.22 bits per heavy atom.